The summed E-state index contributed by atoms with van der Waals surface area (Å²) in [7, 11) is 3.75. The fourth-order valence-electron chi connectivity index (χ4n) is 3.32. The van der Waals surface area contributed by atoms with E-state index in [0.29, 0.717) is 0 Å². The Morgan fingerprint density at radius 3 is 1.31 bits per heavy atom. The average Bonchev–Trinajstić information content (AvgIpc) is 2.33. The Hall–Kier alpha value is -0.0400. The van der Waals surface area contributed by atoms with Gasteiger partial charge in [0.15, 0.2) is 0 Å². The van der Waals surface area contributed by atoms with E-state index >= 15 is 0 Å². The predicted molar refractivity (Wildman–Crippen MR) is 72.8 cm³/mol. The fourth-order valence-corrected chi connectivity index (χ4v) is 3.32. The molecule has 1 N–H and O–H groups in total. The lowest BCUT2D eigenvalue weighted by Crippen LogP contribution is -2.14. The van der Waals surface area contributed by atoms with Crippen molar-refractivity contribution >= 4 is 0 Å². The molecule has 1 heteroatoms. The lowest BCUT2D eigenvalue weighted by Gasteiger charge is -2.28. The van der Waals surface area contributed by atoms with Crippen LogP contribution in [0.2, 0.25) is 0 Å². The van der Waals surface area contributed by atoms with Gasteiger partial charge in [-0.3, -0.25) is 0 Å². The third kappa shape index (κ3) is 5.89. The number of hydrogen-bond acceptors (Lipinski definition) is 1. The molecule has 0 spiro atoms. The second-order valence-electron chi connectivity index (χ2n) is 5.74. The van der Waals surface area contributed by atoms with E-state index in [-0.39, 0.29) is 0 Å². The van der Waals surface area contributed by atoms with E-state index in [4.69, 9.17) is 0 Å². The van der Waals surface area contributed by atoms with Crippen molar-refractivity contribution in [3.63, 3.8) is 0 Å². The number of rotatable bonds is 2. The topological polar surface area (TPSA) is 12.0 Å². The standard InChI is InChI=1S/C13H24.C2H7N/c1-3-7-12(8-4-1)11-13-9-5-2-6-10-13;1-3-2/h12-13H,1-11H2;3H,1-2H3. The molecular weight excluding hydrogens is 194 g/mol. The van der Waals surface area contributed by atoms with Crippen LogP contribution in [-0.4, -0.2) is 14.1 Å². The Morgan fingerprint density at radius 2 is 1.00 bits per heavy atom. The van der Waals surface area contributed by atoms with E-state index in [9.17, 15) is 0 Å². The average molecular weight is 225 g/mol. The van der Waals surface area contributed by atoms with Crippen LogP contribution in [0.4, 0.5) is 0 Å². The highest BCUT2D eigenvalue weighted by molar-refractivity contribution is 4.73. The summed E-state index contributed by atoms with van der Waals surface area (Å²) >= 11 is 0. The van der Waals surface area contributed by atoms with Crippen molar-refractivity contribution in [2.75, 3.05) is 14.1 Å². The minimum atomic E-state index is 1.12. The normalized spacial score (nSPS) is 23.6. The van der Waals surface area contributed by atoms with Gasteiger partial charge in [-0.25, -0.2) is 0 Å². The maximum atomic E-state index is 2.75. The van der Waals surface area contributed by atoms with Crippen LogP contribution >= 0.6 is 0 Å². The van der Waals surface area contributed by atoms with E-state index < -0.39 is 0 Å². The number of nitrogens with one attached hydrogen (secondary N) is 1. The van der Waals surface area contributed by atoms with E-state index in [1.165, 1.54) is 38.5 Å². The molecule has 2 fully saturated rings. The molecule has 1 nitrogen and oxygen atoms in total. The van der Waals surface area contributed by atoms with Crippen LogP contribution in [0.25, 0.3) is 0 Å². The van der Waals surface area contributed by atoms with Crippen molar-refractivity contribution in [3.05, 3.63) is 0 Å². The smallest absolute Gasteiger partial charge is 0.0167 e. The summed E-state index contributed by atoms with van der Waals surface area (Å²) in [5.74, 6) is 2.24. The molecule has 0 amide bonds. The van der Waals surface area contributed by atoms with Crippen molar-refractivity contribution in [3.8, 4) is 0 Å². The molecule has 2 aliphatic rings. The van der Waals surface area contributed by atoms with Crippen molar-refractivity contribution in [2.45, 2.75) is 70.6 Å². The molecule has 0 radical (unpaired) electrons. The zero-order chi connectivity index (χ0) is 11.6. The number of hydrogen-bond donors (Lipinski definition) is 1. The highest BCUT2D eigenvalue weighted by Gasteiger charge is 2.20. The first-order chi connectivity index (χ1) is 7.86. The zero-order valence-corrected chi connectivity index (χ0v) is 11.4. The van der Waals surface area contributed by atoms with E-state index in [2.05, 4.69) is 5.32 Å². The summed E-state index contributed by atoms with van der Waals surface area (Å²) in [5.41, 5.74) is 0. The van der Waals surface area contributed by atoms with Gasteiger partial charge >= 0.3 is 0 Å². The van der Waals surface area contributed by atoms with E-state index in [1.807, 2.05) is 14.1 Å². The van der Waals surface area contributed by atoms with Crippen molar-refractivity contribution in [1.29, 1.82) is 0 Å². The summed E-state index contributed by atoms with van der Waals surface area (Å²) in [4.78, 5) is 0. The first kappa shape index (κ1) is 14.0. The molecule has 2 aliphatic carbocycles. The maximum Gasteiger partial charge on any atom is -0.0167 e. The summed E-state index contributed by atoms with van der Waals surface area (Å²) in [5, 5.41) is 2.75. The molecular formula is C15H31N. The lowest BCUT2D eigenvalue weighted by molar-refractivity contribution is 0.244. The second-order valence-corrected chi connectivity index (χ2v) is 5.74. The van der Waals surface area contributed by atoms with E-state index in [1.54, 1.807) is 32.1 Å². The third-order valence-corrected chi connectivity index (χ3v) is 4.12. The molecule has 2 saturated carbocycles. The molecule has 0 aliphatic heterocycles. The van der Waals surface area contributed by atoms with Gasteiger partial charge < -0.3 is 5.32 Å². The van der Waals surface area contributed by atoms with Crippen LogP contribution < -0.4 is 5.32 Å². The summed E-state index contributed by atoms with van der Waals surface area (Å²) in [6, 6.07) is 0. The van der Waals surface area contributed by atoms with Crippen LogP contribution in [0.3, 0.4) is 0 Å². The van der Waals surface area contributed by atoms with E-state index in [0.717, 1.165) is 11.8 Å². The highest BCUT2D eigenvalue weighted by Crippen LogP contribution is 2.34. The Labute approximate surface area is 102 Å². The van der Waals surface area contributed by atoms with Crippen LogP contribution in [0, 0.1) is 11.8 Å². The predicted octanol–water partition coefficient (Wildman–Crippen LogP) is 4.37. The molecule has 0 aromatic heterocycles. The Kier molecular flexibility index (Phi) is 7.92. The fraction of sp³-hybridized carbons (Fsp3) is 1.00. The van der Waals surface area contributed by atoms with Gasteiger partial charge in [-0.2, -0.15) is 0 Å². The molecule has 0 unspecified atom stereocenters. The summed E-state index contributed by atoms with van der Waals surface area (Å²) in [6.07, 6.45) is 16.9. The Bertz CT molecular complexity index is 128. The monoisotopic (exact) mass is 225 g/mol. The van der Waals surface area contributed by atoms with Gasteiger partial charge in [-0.05, 0) is 32.4 Å². The van der Waals surface area contributed by atoms with Crippen molar-refractivity contribution < 1.29 is 0 Å². The molecule has 0 saturated heterocycles. The van der Waals surface area contributed by atoms with Gasteiger partial charge in [-0.1, -0.05) is 64.2 Å². The van der Waals surface area contributed by atoms with Gasteiger partial charge in [0.05, 0.1) is 0 Å². The Balaban J connectivity index is 0.000000386. The largest absolute Gasteiger partial charge is 0.323 e. The molecule has 2 rings (SSSR count). The maximum absolute atomic E-state index is 2.75. The first-order valence-electron chi connectivity index (χ1n) is 7.45. The molecule has 96 valence electrons. The van der Waals surface area contributed by atoms with Crippen LogP contribution in [0.5, 0.6) is 0 Å². The zero-order valence-electron chi connectivity index (χ0n) is 11.4. The van der Waals surface area contributed by atoms with Crippen molar-refractivity contribution in [2.24, 2.45) is 11.8 Å². The molecule has 0 aromatic rings. The van der Waals surface area contributed by atoms with Gasteiger partial charge in [0, 0.05) is 0 Å². The molecule has 0 aromatic carbocycles. The van der Waals surface area contributed by atoms with Crippen LogP contribution in [0.1, 0.15) is 70.6 Å². The lowest BCUT2D eigenvalue weighted by atomic mass is 9.78. The SMILES string of the molecule is C1CCC(CC2CCCCC2)CC1.CNC. The Morgan fingerprint density at radius 1 is 0.688 bits per heavy atom. The third-order valence-electron chi connectivity index (χ3n) is 4.12. The minimum Gasteiger partial charge on any atom is -0.323 e. The minimum absolute atomic E-state index is 1.12. The summed E-state index contributed by atoms with van der Waals surface area (Å²) < 4.78 is 0. The first-order valence-corrected chi connectivity index (χ1v) is 7.45. The second kappa shape index (κ2) is 9.04. The molecule has 0 bridgehead atoms. The summed E-state index contributed by atoms with van der Waals surface area (Å²) in [6.45, 7) is 0. The highest BCUT2D eigenvalue weighted by atomic mass is 14.7. The van der Waals surface area contributed by atoms with Gasteiger partial charge in [0.2, 0.25) is 0 Å². The van der Waals surface area contributed by atoms with Crippen LogP contribution in [0.15, 0.2) is 0 Å². The quantitative estimate of drug-likeness (QED) is 0.735. The van der Waals surface area contributed by atoms with Crippen molar-refractivity contribution in [1.82, 2.24) is 5.32 Å². The molecule has 0 heterocycles. The molecule has 0 atom stereocenters. The van der Waals surface area contributed by atoms with Crippen LogP contribution in [-0.2, 0) is 0 Å². The van der Waals surface area contributed by atoms with Gasteiger partial charge in [0.25, 0.3) is 0 Å². The van der Waals surface area contributed by atoms with Gasteiger partial charge in [0.1, 0.15) is 0 Å². The molecule has 16 heavy (non-hydrogen) atoms. The van der Waals surface area contributed by atoms with Gasteiger partial charge in [-0.15, -0.1) is 0 Å².